The maximum absolute atomic E-state index is 11.5. The van der Waals surface area contributed by atoms with E-state index in [0.29, 0.717) is 18.8 Å². The molecule has 1 atom stereocenters. The van der Waals surface area contributed by atoms with Crippen molar-refractivity contribution in [3.63, 3.8) is 0 Å². The summed E-state index contributed by atoms with van der Waals surface area (Å²) in [5, 5.41) is 13.5. The maximum atomic E-state index is 11.5. The first-order valence-electron chi connectivity index (χ1n) is 5.97. The molecular formula is C12H19N3O2. The molecule has 0 radical (unpaired) electrons. The molecule has 0 spiro atoms. The van der Waals surface area contributed by atoms with Crippen molar-refractivity contribution in [2.24, 2.45) is 24.1 Å². The Hall–Kier alpha value is -1.36. The molecule has 5 nitrogen and oxygen atoms in total. The third kappa shape index (κ3) is 2.66. The molecule has 0 aliphatic heterocycles. The van der Waals surface area contributed by atoms with Crippen LogP contribution in [0.5, 0.6) is 0 Å². The minimum atomic E-state index is -0.815. The number of aliphatic carboxylic acids is 1. The third-order valence-electron chi connectivity index (χ3n) is 3.52. The summed E-state index contributed by atoms with van der Waals surface area (Å²) >= 11 is 0. The number of aromatic nitrogens is 2. The van der Waals surface area contributed by atoms with Crippen LogP contribution < -0.4 is 5.73 Å². The third-order valence-corrected chi connectivity index (χ3v) is 3.52. The number of nitrogens with zero attached hydrogens (tertiary/aromatic N) is 2. The summed E-state index contributed by atoms with van der Waals surface area (Å²) in [7, 11) is 1.83. The number of aryl methyl sites for hydroxylation is 1. The minimum Gasteiger partial charge on any atom is -0.481 e. The summed E-state index contributed by atoms with van der Waals surface area (Å²) in [6, 6.07) is 0. The van der Waals surface area contributed by atoms with E-state index in [9.17, 15) is 9.90 Å². The number of nitrogens with two attached hydrogens (primary N) is 1. The topological polar surface area (TPSA) is 81.1 Å². The van der Waals surface area contributed by atoms with Gasteiger partial charge in [-0.2, -0.15) is 5.10 Å². The van der Waals surface area contributed by atoms with Gasteiger partial charge in [0.15, 0.2) is 0 Å². The van der Waals surface area contributed by atoms with Crippen LogP contribution in [0.3, 0.4) is 0 Å². The molecule has 17 heavy (non-hydrogen) atoms. The fraction of sp³-hybridized carbons (Fsp3) is 0.667. The highest BCUT2D eigenvalue weighted by atomic mass is 16.4. The van der Waals surface area contributed by atoms with E-state index in [1.54, 1.807) is 10.9 Å². The van der Waals surface area contributed by atoms with Crippen molar-refractivity contribution >= 4 is 5.97 Å². The quantitative estimate of drug-likeness (QED) is 0.766. The van der Waals surface area contributed by atoms with Crippen molar-refractivity contribution in [3.05, 3.63) is 18.0 Å². The number of rotatable bonds is 6. The Morgan fingerprint density at radius 2 is 2.41 bits per heavy atom. The van der Waals surface area contributed by atoms with Gasteiger partial charge >= 0.3 is 5.97 Å². The van der Waals surface area contributed by atoms with Crippen LogP contribution >= 0.6 is 0 Å². The Morgan fingerprint density at radius 1 is 1.71 bits per heavy atom. The molecule has 1 aliphatic rings. The Balaban J connectivity index is 2.16. The van der Waals surface area contributed by atoms with E-state index in [-0.39, 0.29) is 6.54 Å². The van der Waals surface area contributed by atoms with Crippen LogP contribution in [-0.4, -0.2) is 27.4 Å². The number of carboxylic acid groups (broad SMARTS) is 1. The van der Waals surface area contributed by atoms with Gasteiger partial charge < -0.3 is 10.8 Å². The van der Waals surface area contributed by atoms with Gasteiger partial charge in [0.1, 0.15) is 0 Å². The lowest BCUT2D eigenvalue weighted by Crippen LogP contribution is -2.41. The van der Waals surface area contributed by atoms with Crippen LogP contribution in [0.25, 0.3) is 0 Å². The average molecular weight is 237 g/mol. The Morgan fingerprint density at radius 3 is 2.82 bits per heavy atom. The standard InChI is InChI=1S/C12H19N3O2/c1-15-7-10(6-14-15)5-12(8-13,11(16)17)4-9-2-3-9/h6-7,9H,2-5,8,13H2,1H3,(H,16,17). The normalized spacial score (nSPS) is 18.9. The largest absolute Gasteiger partial charge is 0.481 e. The van der Waals surface area contributed by atoms with E-state index in [4.69, 9.17) is 5.73 Å². The van der Waals surface area contributed by atoms with Gasteiger partial charge in [0.2, 0.25) is 0 Å². The predicted octanol–water partition coefficient (Wildman–Crippen LogP) is 0.792. The van der Waals surface area contributed by atoms with Gasteiger partial charge in [-0.3, -0.25) is 9.48 Å². The molecule has 1 unspecified atom stereocenters. The molecule has 2 rings (SSSR count). The van der Waals surface area contributed by atoms with E-state index in [1.165, 1.54) is 0 Å². The molecule has 1 aliphatic carbocycles. The average Bonchev–Trinajstić information content (AvgIpc) is 3.00. The summed E-state index contributed by atoms with van der Waals surface area (Å²) in [6.07, 6.45) is 7.03. The molecule has 0 amide bonds. The van der Waals surface area contributed by atoms with Gasteiger partial charge in [-0.25, -0.2) is 0 Å². The number of carboxylic acids is 1. The second-order valence-electron chi connectivity index (χ2n) is 5.14. The first kappa shape index (κ1) is 12.1. The maximum Gasteiger partial charge on any atom is 0.311 e. The van der Waals surface area contributed by atoms with E-state index in [2.05, 4.69) is 5.10 Å². The number of hydrogen-bond acceptors (Lipinski definition) is 3. The second-order valence-corrected chi connectivity index (χ2v) is 5.14. The highest BCUT2D eigenvalue weighted by Gasteiger charge is 2.42. The lowest BCUT2D eigenvalue weighted by atomic mass is 9.77. The Bertz CT molecular complexity index is 412. The molecule has 5 heteroatoms. The lowest BCUT2D eigenvalue weighted by Gasteiger charge is -2.27. The van der Waals surface area contributed by atoms with Crippen molar-refractivity contribution in [2.75, 3.05) is 6.54 Å². The molecular weight excluding hydrogens is 218 g/mol. The summed E-state index contributed by atoms with van der Waals surface area (Å²) < 4.78 is 1.69. The molecule has 94 valence electrons. The molecule has 0 saturated heterocycles. The van der Waals surface area contributed by atoms with Crippen molar-refractivity contribution in [3.8, 4) is 0 Å². The lowest BCUT2D eigenvalue weighted by molar-refractivity contribution is -0.149. The van der Waals surface area contributed by atoms with Gasteiger partial charge in [0.05, 0.1) is 11.6 Å². The first-order valence-corrected chi connectivity index (χ1v) is 5.97. The predicted molar refractivity (Wildman–Crippen MR) is 63.4 cm³/mol. The van der Waals surface area contributed by atoms with Crippen LogP contribution in [-0.2, 0) is 18.3 Å². The molecule has 1 aromatic rings. The molecule has 1 heterocycles. The highest BCUT2D eigenvalue weighted by Crippen LogP contribution is 2.41. The fourth-order valence-corrected chi connectivity index (χ4v) is 2.31. The van der Waals surface area contributed by atoms with E-state index < -0.39 is 11.4 Å². The van der Waals surface area contributed by atoms with Crippen LogP contribution in [0.4, 0.5) is 0 Å². The van der Waals surface area contributed by atoms with Crippen LogP contribution in [0, 0.1) is 11.3 Å². The fourth-order valence-electron chi connectivity index (χ4n) is 2.31. The molecule has 1 aromatic heterocycles. The second kappa shape index (κ2) is 4.49. The van der Waals surface area contributed by atoms with Crippen molar-refractivity contribution in [1.82, 2.24) is 9.78 Å². The summed E-state index contributed by atoms with van der Waals surface area (Å²) in [5.41, 5.74) is 5.86. The zero-order chi connectivity index (χ0) is 12.5. The van der Waals surface area contributed by atoms with Crippen LogP contribution in [0.1, 0.15) is 24.8 Å². The van der Waals surface area contributed by atoms with Gasteiger partial charge in [0, 0.05) is 19.8 Å². The smallest absolute Gasteiger partial charge is 0.311 e. The molecule has 1 saturated carbocycles. The molecule has 3 N–H and O–H groups in total. The first-order chi connectivity index (χ1) is 8.05. The summed E-state index contributed by atoms with van der Waals surface area (Å²) in [5.74, 6) is -0.234. The van der Waals surface area contributed by atoms with E-state index in [0.717, 1.165) is 18.4 Å². The van der Waals surface area contributed by atoms with Crippen molar-refractivity contribution < 1.29 is 9.90 Å². The SMILES string of the molecule is Cn1cc(CC(CN)(CC2CC2)C(=O)O)cn1. The summed E-state index contributed by atoms with van der Waals surface area (Å²) in [6.45, 7) is 0.188. The Labute approximate surface area is 101 Å². The van der Waals surface area contributed by atoms with Crippen molar-refractivity contribution in [1.29, 1.82) is 0 Å². The van der Waals surface area contributed by atoms with E-state index >= 15 is 0 Å². The zero-order valence-electron chi connectivity index (χ0n) is 10.1. The number of carbonyl (C=O) groups is 1. The zero-order valence-corrected chi connectivity index (χ0v) is 10.1. The summed E-state index contributed by atoms with van der Waals surface area (Å²) in [4.78, 5) is 11.5. The molecule has 0 aromatic carbocycles. The van der Waals surface area contributed by atoms with Crippen LogP contribution in [0.2, 0.25) is 0 Å². The van der Waals surface area contributed by atoms with E-state index in [1.807, 2.05) is 13.2 Å². The monoisotopic (exact) mass is 237 g/mol. The molecule has 0 bridgehead atoms. The Kier molecular flexibility index (Phi) is 3.19. The van der Waals surface area contributed by atoms with Crippen LogP contribution in [0.15, 0.2) is 12.4 Å². The van der Waals surface area contributed by atoms with Gasteiger partial charge in [0.25, 0.3) is 0 Å². The molecule has 1 fully saturated rings. The highest BCUT2D eigenvalue weighted by molar-refractivity contribution is 5.75. The van der Waals surface area contributed by atoms with Gasteiger partial charge in [-0.1, -0.05) is 12.8 Å². The van der Waals surface area contributed by atoms with Gasteiger partial charge in [-0.05, 0) is 24.3 Å². The minimum absolute atomic E-state index is 0.188. The van der Waals surface area contributed by atoms with Gasteiger partial charge in [-0.15, -0.1) is 0 Å². The number of hydrogen-bond donors (Lipinski definition) is 2. The van der Waals surface area contributed by atoms with Crippen molar-refractivity contribution in [2.45, 2.75) is 25.7 Å².